The highest BCUT2D eigenvalue weighted by Gasteiger charge is 2.32. The molecule has 2 aromatic carbocycles. The largest absolute Gasteiger partial charge is 0.414 e. The molecule has 0 spiro atoms. The molecule has 2 heterocycles. The SMILES string of the molecule is CCCC[C@H](NC(=O)[C@H](CS(=O)Cc1ccccc1)NC(=O)N1CCOCC1)C(=O)c1nnc(-c2ccccc2)o1. The minimum Gasteiger partial charge on any atom is -0.414 e. The molecule has 3 atom stereocenters. The van der Waals surface area contributed by atoms with Crippen LogP contribution in [0.3, 0.4) is 0 Å². The van der Waals surface area contributed by atoms with Crippen LogP contribution in [0.4, 0.5) is 4.79 Å². The first-order valence-electron chi connectivity index (χ1n) is 13.7. The molecule has 0 saturated carbocycles. The van der Waals surface area contributed by atoms with Gasteiger partial charge in [0.25, 0.3) is 5.89 Å². The standard InChI is InChI=1S/C29H35N5O6S/c1-2-3-14-23(25(35)28-33-32-27(40-28)22-12-8-5-9-13-22)30-26(36)24(31-29(37)34-15-17-39-18-16-34)20-41(38)19-21-10-6-4-7-11-21/h4-13,23-24H,2-3,14-20H2,1H3,(H,30,36)(H,31,37)/t23-,24-,41?/m0/s1. The van der Waals surface area contributed by atoms with Gasteiger partial charge in [-0.05, 0) is 24.1 Å². The molecule has 12 heteroatoms. The summed E-state index contributed by atoms with van der Waals surface area (Å²) in [4.78, 5) is 41.5. The van der Waals surface area contributed by atoms with E-state index < -0.39 is 40.6 Å². The highest BCUT2D eigenvalue weighted by Crippen LogP contribution is 2.18. The smallest absolute Gasteiger partial charge is 0.318 e. The van der Waals surface area contributed by atoms with Crippen molar-refractivity contribution in [1.82, 2.24) is 25.7 Å². The molecule has 1 saturated heterocycles. The maximum Gasteiger partial charge on any atom is 0.318 e. The number of hydrogen-bond acceptors (Lipinski definition) is 8. The van der Waals surface area contributed by atoms with Gasteiger partial charge in [0.2, 0.25) is 17.6 Å². The number of benzene rings is 2. The highest BCUT2D eigenvalue weighted by atomic mass is 32.2. The lowest BCUT2D eigenvalue weighted by Gasteiger charge is -2.29. The number of ketones is 1. The topological polar surface area (TPSA) is 144 Å². The summed E-state index contributed by atoms with van der Waals surface area (Å²) in [6.07, 6.45) is 1.78. The number of morpholine rings is 1. The number of nitrogens with one attached hydrogen (secondary N) is 2. The van der Waals surface area contributed by atoms with Crippen LogP contribution in [-0.2, 0) is 26.1 Å². The van der Waals surface area contributed by atoms with Gasteiger partial charge in [0.15, 0.2) is 0 Å². The van der Waals surface area contributed by atoms with Crippen molar-refractivity contribution in [3.63, 3.8) is 0 Å². The summed E-state index contributed by atoms with van der Waals surface area (Å²) in [7, 11) is -1.47. The highest BCUT2D eigenvalue weighted by molar-refractivity contribution is 7.84. The zero-order valence-corrected chi connectivity index (χ0v) is 23.8. The third kappa shape index (κ3) is 8.79. The van der Waals surface area contributed by atoms with E-state index in [0.29, 0.717) is 44.7 Å². The predicted molar refractivity (Wildman–Crippen MR) is 153 cm³/mol. The molecule has 0 radical (unpaired) electrons. The fourth-order valence-corrected chi connectivity index (χ4v) is 5.60. The number of carbonyl (C=O) groups excluding carboxylic acids is 3. The minimum absolute atomic E-state index is 0.121. The molecule has 11 nitrogen and oxygen atoms in total. The molecule has 3 amide bonds. The summed E-state index contributed by atoms with van der Waals surface area (Å²) < 4.78 is 24.0. The Morgan fingerprint density at radius 1 is 0.951 bits per heavy atom. The number of ether oxygens (including phenoxy) is 1. The first-order valence-corrected chi connectivity index (χ1v) is 15.2. The van der Waals surface area contributed by atoms with E-state index in [1.54, 1.807) is 17.0 Å². The Kier molecular flexibility index (Phi) is 11.1. The molecule has 0 aliphatic carbocycles. The van der Waals surface area contributed by atoms with Gasteiger partial charge in [-0.25, -0.2) is 4.79 Å². The molecule has 3 aromatic rings. The molecule has 41 heavy (non-hydrogen) atoms. The summed E-state index contributed by atoms with van der Waals surface area (Å²) in [5, 5.41) is 13.4. The van der Waals surface area contributed by atoms with Crippen molar-refractivity contribution in [3.05, 3.63) is 72.1 Å². The Morgan fingerprint density at radius 2 is 1.63 bits per heavy atom. The van der Waals surface area contributed by atoms with E-state index in [-0.39, 0.29) is 23.3 Å². The van der Waals surface area contributed by atoms with E-state index in [0.717, 1.165) is 12.0 Å². The third-order valence-corrected chi connectivity index (χ3v) is 7.93. The summed E-state index contributed by atoms with van der Waals surface area (Å²) >= 11 is 0. The monoisotopic (exact) mass is 581 g/mol. The lowest BCUT2D eigenvalue weighted by atomic mass is 10.0. The first kappa shape index (κ1) is 30.1. The van der Waals surface area contributed by atoms with Crippen LogP contribution < -0.4 is 10.6 Å². The molecule has 1 aliphatic rings. The third-order valence-electron chi connectivity index (χ3n) is 6.57. The normalized spacial score (nSPS) is 15.5. The van der Waals surface area contributed by atoms with Crippen LogP contribution in [0.2, 0.25) is 0 Å². The van der Waals surface area contributed by atoms with E-state index in [1.165, 1.54) is 0 Å². The Labute approximate surface area is 241 Å². The molecule has 2 N–H and O–H groups in total. The van der Waals surface area contributed by atoms with Gasteiger partial charge in [-0.15, -0.1) is 10.2 Å². The van der Waals surface area contributed by atoms with E-state index in [9.17, 15) is 18.6 Å². The molecule has 0 bridgehead atoms. The van der Waals surface area contributed by atoms with Crippen LogP contribution in [0, 0.1) is 0 Å². The minimum atomic E-state index is -1.47. The molecule has 1 fully saturated rings. The second-order valence-corrected chi connectivity index (χ2v) is 11.2. The fourth-order valence-electron chi connectivity index (χ4n) is 4.31. The van der Waals surface area contributed by atoms with Crippen molar-refractivity contribution >= 4 is 28.5 Å². The van der Waals surface area contributed by atoms with Gasteiger partial charge in [-0.3, -0.25) is 13.8 Å². The summed E-state index contributed by atoms with van der Waals surface area (Å²) in [6, 6.07) is 15.8. The van der Waals surface area contributed by atoms with Gasteiger partial charge in [0.1, 0.15) is 6.04 Å². The Balaban J connectivity index is 1.49. The van der Waals surface area contributed by atoms with Gasteiger partial charge in [-0.1, -0.05) is 68.3 Å². The lowest BCUT2D eigenvalue weighted by molar-refractivity contribution is -0.123. The van der Waals surface area contributed by atoms with Crippen molar-refractivity contribution in [3.8, 4) is 11.5 Å². The number of amides is 3. The van der Waals surface area contributed by atoms with Crippen molar-refractivity contribution in [2.45, 2.75) is 44.0 Å². The number of urea groups is 1. The first-order chi connectivity index (χ1) is 19.9. The van der Waals surface area contributed by atoms with Gasteiger partial charge in [-0.2, -0.15) is 0 Å². The Bertz CT molecular complexity index is 1310. The Morgan fingerprint density at radius 3 is 2.32 bits per heavy atom. The number of nitrogens with zero attached hydrogens (tertiary/aromatic N) is 3. The zero-order chi connectivity index (χ0) is 29.0. The number of carbonyl (C=O) groups is 3. The maximum absolute atomic E-state index is 13.6. The van der Waals surface area contributed by atoms with E-state index in [4.69, 9.17) is 9.15 Å². The number of Topliss-reactive ketones (excluding diaryl/α,β-unsaturated/α-hetero) is 1. The van der Waals surface area contributed by atoms with Gasteiger partial charge < -0.3 is 24.7 Å². The number of aromatic nitrogens is 2. The molecular weight excluding hydrogens is 546 g/mol. The van der Waals surface area contributed by atoms with Crippen LogP contribution in [0.5, 0.6) is 0 Å². The van der Waals surface area contributed by atoms with Crippen molar-refractivity contribution in [2.75, 3.05) is 32.1 Å². The van der Waals surface area contributed by atoms with Crippen LogP contribution in [0.1, 0.15) is 42.4 Å². The summed E-state index contributed by atoms with van der Waals surface area (Å²) in [5.41, 5.74) is 1.52. The van der Waals surface area contributed by atoms with Crippen LogP contribution in [-0.4, -0.2) is 81.2 Å². The lowest BCUT2D eigenvalue weighted by Crippen LogP contribution is -2.57. The number of rotatable bonds is 13. The average Bonchev–Trinajstić information content (AvgIpc) is 3.50. The predicted octanol–water partition coefficient (Wildman–Crippen LogP) is 2.95. The second-order valence-electron chi connectivity index (χ2n) is 9.68. The molecule has 218 valence electrons. The Hall–Kier alpha value is -3.90. The van der Waals surface area contributed by atoms with Gasteiger partial charge >= 0.3 is 6.03 Å². The van der Waals surface area contributed by atoms with Gasteiger partial charge in [0, 0.05) is 35.2 Å². The van der Waals surface area contributed by atoms with Crippen molar-refractivity contribution < 1.29 is 27.7 Å². The molecule has 4 rings (SSSR count). The molecule has 1 aromatic heterocycles. The average molecular weight is 582 g/mol. The fraction of sp³-hybridized carbons (Fsp3) is 0.414. The van der Waals surface area contributed by atoms with E-state index >= 15 is 0 Å². The zero-order valence-electron chi connectivity index (χ0n) is 23.0. The van der Waals surface area contributed by atoms with Gasteiger partial charge in [0.05, 0.1) is 25.0 Å². The summed E-state index contributed by atoms with van der Waals surface area (Å²) in [6.45, 7) is 3.53. The van der Waals surface area contributed by atoms with Crippen LogP contribution in [0.25, 0.3) is 11.5 Å². The quantitative estimate of drug-likeness (QED) is 0.293. The number of unbranched alkanes of at least 4 members (excludes halogenated alkanes) is 1. The molecular formula is C29H35N5O6S. The van der Waals surface area contributed by atoms with Crippen molar-refractivity contribution in [1.29, 1.82) is 0 Å². The van der Waals surface area contributed by atoms with E-state index in [1.807, 2.05) is 55.5 Å². The van der Waals surface area contributed by atoms with E-state index in [2.05, 4.69) is 20.8 Å². The number of hydrogen-bond donors (Lipinski definition) is 2. The maximum atomic E-state index is 13.6. The molecule has 1 aliphatic heterocycles. The summed E-state index contributed by atoms with van der Waals surface area (Å²) in [5.74, 6) is -1.05. The van der Waals surface area contributed by atoms with Crippen LogP contribution >= 0.6 is 0 Å². The second kappa shape index (κ2) is 15.2. The van der Waals surface area contributed by atoms with Crippen molar-refractivity contribution in [2.24, 2.45) is 0 Å². The van der Waals surface area contributed by atoms with Crippen LogP contribution in [0.15, 0.2) is 65.1 Å². The molecule has 1 unspecified atom stereocenters.